The smallest absolute Gasteiger partial charge is 0.129 e. The molecular formula is C25H42N2O4. The largest absolute Gasteiger partial charge is 0.394 e. The van der Waals surface area contributed by atoms with E-state index in [2.05, 4.69) is 19.0 Å². The van der Waals surface area contributed by atoms with E-state index < -0.39 is 11.2 Å². The van der Waals surface area contributed by atoms with Gasteiger partial charge in [-0.15, -0.1) is 0 Å². The van der Waals surface area contributed by atoms with Crippen LogP contribution >= 0.6 is 0 Å². The van der Waals surface area contributed by atoms with Gasteiger partial charge in [0.15, 0.2) is 0 Å². The second-order valence-corrected chi connectivity index (χ2v) is 11.5. The SMILES string of the molecule is CC(C=NOCCN)=C[C@]1(O)CC[C@@]2(C)[C@H](CC[C@@H]3[C@@H]2CC[C@]2(C)[C@H](O)CC[C@]32O)C1. The lowest BCUT2D eigenvalue weighted by Gasteiger charge is -2.64. The van der Waals surface area contributed by atoms with Crippen molar-refractivity contribution >= 4 is 6.21 Å². The fourth-order valence-electron chi connectivity index (χ4n) is 8.03. The maximum absolute atomic E-state index is 11.8. The van der Waals surface area contributed by atoms with Crippen LogP contribution < -0.4 is 5.73 Å². The van der Waals surface area contributed by atoms with Crippen molar-refractivity contribution in [2.24, 2.45) is 39.5 Å². The molecule has 0 amide bonds. The number of nitrogens with zero attached hydrogens (tertiary/aromatic N) is 1. The van der Waals surface area contributed by atoms with Gasteiger partial charge >= 0.3 is 0 Å². The molecule has 0 unspecified atom stereocenters. The van der Waals surface area contributed by atoms with E-state index in [9.17, 15) is 15.3 Å². The molecule has 0 saturated heterocycles. The molecule has 176 valence electrons. The first-order valence-electron chi connectivity index (χ1n) is 12.3. The van der Waals surface area contributed by atoms with Crippen LogP contribution in [0.3, 0.4) is 0 Å². The molecule has 0 aromatic rings. The van der Waals surface area contributed by atoms with Crippen molar-refractivity contribution in [3.63, 3.8) is 0 Å². The molecule has 0 aliphatic heterocycles. The second kappa shape index (κ2) is 8.12. The summed E-state index contributed by atoms with van der Waals surface area (Å²) in [7, 11) is 0. The van der Waals surface area contributed by atoms with Crippen molar-refractivity contribution in [3.8, 4) is 0 Å². The van der Waals surface area contributed by atoms with Crippen molar-refractivity contribution in [1.82, 2.24) is 0 Å². The lowest BCUT2D eigenvalue weighted by Crippen LogP contribution is -2.63. The van der Waals surface area contributed by atoms with Crippen molar-refractivity contribution in [2.45, 2.75) is 95.9 Å². The minimum absolute atomic E-state index is 0.139. The first kappa shape index (κ1) is 23.2. The number of fused-ring (bicyclic) bond motifs is 5. The highest BCUT2D eigenvalue weighted by Gasteiger charge is 2.67. The minimum atomic E-state index is -0.815. The Kier molecular flexibility index (Phi) is 6.08. The van der Waals surface area contributed by atoms with Crippen LogP contribution in [-0.2, 0) is 4.84 Å². The van der Waals surface area contributed by atoms with Crippen molar-refractivity contribution in [2.75, 3.05) is 13.2 Å². The minimum Gasteiger partial charge on any atom is -0.394 e. The third kappa shape index (κ3) is 3.68. The van der Waals surface area contributed by atoms with E-state index in [0.717, 1.165) is 63.4 Å². The van der Waals surface area contributed by atoms with Gasteiger partial charge in [0.05, 0.1) is 23.5 Å². The third-order valence-electron chi connectivity index (χ3n) is 9.94. The van der Waals surface area contributed by atoms with E-state index in [1.54, 1.807) is 6.21 Å². The molecule has 0 radical (unpaired) electrons. The van der Waals surface area contributed by atoms with Crippen molar-refractivity contribution in [1.29, 1.82) is 0 Å². The third-order valence-corrected chi connectivity index (χ3v) is 9.94. The lowest BCUT2D eigenvalue weighted by atomic mass is 9.43. The summed E-state index contributed by atoms with van der Waals surface area (Å²) in [5, 5.41) is 37.8. The van der Waals surface area contributed by atoms with E-state index in [-0.39, 0.29) is 22.9 Å². The van der Waals surface area contributed by atoms with Gasteiger partial charge in [-0.2, -0.15) is 0 Å². The number of allylic oxidation sites excluding steroid dienone is 1. The van der Waals surface area contributed by atoms with Crippen LogP contribution in [0.25, 0.3) is 0 Å². The predicted molar refractivity (Wildman–Crippen MR) is 121 cm³/mol. The van der Waals surface area contributed by atoms with Crippen molar-refractivity contribution in [3.05, 3.63) is 11.6 Å². The topological polar surface area (TPSA) is 108 Å². The summed E-state index contributed by atoms with van der Waals surface area (Å²) in [5.41, 5.74) is 4.53. The fourth-order valence-corrected chi connectivity index (χ4v) is 8.03. The van der Waals surface area contributed by atoms with Crippen LogP contribution in [0.4, 0.5) is 0 Å². The van der Waals surface area contributed by atoms with Crippen LogP contribution in [0.15, 0.2) is 16.8 Å². The van der Waals surface area contributed by atoms with Crippen LogP contribution in [0, 0.1) is 28.6 Å². The maximum Gasteiger partial charge on any atom is 0.129 e. The Morgan fingerprint density at radius 3 is 2.58 bits per heavy atom. The molecule has 0 spiro atoms. The normalized spacial score (nSPS) is 50.1. The summed E-state index contributed by atoms with van der Waals surface area (Å²) < 4.78 is 0. The highest BCUT2D eigenvalue weighted by atomic mass is 16.6. The zero-order chi connectivity index (χ0) is 22.5. The number of hydrogen-bond donors (Lipinski definition) is 4. The molecule has 0 aromatic carbocycles. The molecule has 4 fully saturated rings. The summed E-state index contributed by atoms with van der Waals surface area (Å²) in [6.45, 7) is 7.28. The van der Waals surface area contributed by atoms with Crippen LogP contribution in [0.5, 0.6) is 0 Å². The Morgan fingerprint density at radius 1 is 1.06 bits per heavy atom. The van der Waals surface area contributed by atoms with Gasteiger partial charge in [0, 0.05) is 12.0 Å². The van der Waals surface area contributed by atoms with Gasteiger partial charge in [0.25, 0.3) is 0 Å². The summed E-state index contributed by atoms with van der Waals surface area (Å²) in [6, 6.07) is 0. The zero-order valence-corrected chi connectivity index (χ0v) is 19.5. The number of aliphatic hydroxyl groups excluding tert-OH is 1. The summed E-state index contributed by atoms with van der Waals surface area (Å²) in [6.07, 6.45) is 11.1. The standard InChI is InChI=1S/C25H42N2O4/c1-17(16-27-31-13-12-26)14-24(29)11-10-22(2)18(15-24)4-5-20-19(22)6-8-23(3)21(28)7-9-25(20,23)30/h14,16,18-21,28-30H,4-13,15,26H2,1-3H3/t18-,19+,20-,21-,22+,23-,24-,25+/m1/s1. The van der Waals surface area contributed by atoms with E-state index >= 15 is 0 Å². The molecule has 6 heteroatoms. The Bertz CT molecular complexity index is 741. The number of aliphatic hydroxyl groups is 3. The zero-order valence-electron chi connectivity index (χ0n) is 19.5. The van der Waals surface area contributed by atoms with Crippen LogP contribution in [-0.4, -0.2) is 52.0 Å². The van der Waals surface area contributed by atoms with Crippen LogP contribution in [0.1, 0.15) is 78.6 Å². The van der Waals surface area contributed by atoms with Crippen LogP contribution in [0.2, 0.25) is 0 Å². The Labute approximate surface area is 186 Å². The van der Waals surface area contributed by atoms with Gasteiger partial charge in [-0.1, -0.05) is 19.0 Å². The van der Waals surface area contributed by atoms with E-state index in [0.29, 0.717) is 25.0 Å². The average Bonchev–Trinajstić information content (AvgIpc) is 2.96. The molecule has 4 aliphatic carbocycles. The Hall–Kier alpha value is -0.950. The molecule has 4 aliphatic rings. The molecule has 6 nitrogen and oxygen atoms in total. The monoisotopic (exact) mass is 434 g/mol. The molecule has 0 bridgehead atoms. The Morgan fingerprint density at radius 2 is 1.84 bits per heavy atom. The molecule has 0 aromatic heterocycles. The van der Waals surface area contributed by atoms with Gasteiger partial charge in [0.1, 0.15) is 6.61 Å². The Balaban J connectivity index is 1.50. The summed E-state index contributed by atoms with van der Waals surface area (Å²) in [5.74, 6) is 1.18. The molecule has 8 atom stereocenters. The first-order valence-corrected chi connectivity index (χ1v) is 12.3. The van der Waals surface area contributed by atoms with E-state index in [4.69, 9.17) is 10.6 Å². The molecule has 5 N–H and O–H groups in total. The van der Waals surface area contributed by atoms with Gasteiger partial charge in [-0.05, 0) is 99.5 Å². The van der Waals surface area contributed by atoms with Gasteiger partial charge in [-0.25, -0.2) is 0 Å². The quantitative estimate of drug-likeness (QED) is 0.302. The molecule has 4 saturated carbocycles. The number of oxime groups is 1. The number of hydrogen-bond acceptors (Lipinski definition) is 6. The van der Waals surface area contributed by atoms with E-state index in [1.165, 1.54) is 0 Å². The highest BCUT2D eigenvalue weighted by Crippen LogP contribution is 2.68. The lowest BCUT2D eigenvalue weighted by molar-refractivity contribution is -0.219. The maximum atomic E-state index is 11.8. The van der Waals surface area contributed by atoms with Gasteiger partial charge < -0.3 is 25.9 Å². The predicted octanol–water partition coefficient (Wildman–Crippen LogP) is 3.14. The second-order valence-electron chi connectivity index (χ2n) is 11.5. The molecule has 0 heterocycles. The summed E-state index contributed by atoms with van der Waals surface area (Å²) in [4.78, 5) is 5.08. The van der Waals surface area contributed by atoms with Gasteiger partial charge in [-0.3, -0.25) is 0 Å². The molecule has 31 heavy (non-hydrogen) atoms. The number of rotatable bonds is 5. The molecular weight excluding hydrogens is 392 g/mol. The average molecular weight is 435 g/mol. The first-order chi connectivity index (χ1) is 14.6. The van der Waals surface area contributed by atoms with Gasteiger partial charge in [0.2, 0.25) is 0 Å². The van der Waals surface area contributed by atoms with E-state index in [1.807, 2.05) is 13.0 Å². The highest BCUT2D eigenvalue weighted by molar-refractivity contribution is 5.77. The molecule has 4 rings (SSSR count). The summed E-state index contributed by atoms with van der Waals surface area (Å²) >= 11 is 0. The van der Waals surface area contributed by atoms with Crippen molar-refractivity contribution < 1.29 is 20.2 Å². The fraction of sp³-hybridized carbons (Fsp3) is 0.880. The number of nitrogens with two attached hydrogens (primary N) is 1.